The Labute approximate surface area is 120 Å². The molecule has 0 aliphatic rings. The van der Waals surface area contributed by atoms with Gasteiger partial charge in [0.2, 0.25) is 0 Å². The molecule has 7 heteroatoms. The van der Waals surface area contributed by atoms with Gasteiger partial charge in [-0.15, -0.1) is 0 Å². The van der Waals surface area contributed by atoms with E-state index >= 15 is 0 Å². The highest BCUT2D eigenvalue weighted by atomic mass is 16.5. The lowest BCUT2D eigenvalue weighted by Gasteiger charge is -2.01. The fraction of sp³-hybridized carbons (Fsp3) is 0.0714. The third kappa shape index (κ3) is 2.62. The molecule has 0 bridgehead atoms. The number of carbonyl (C=O) groups is 1. The van der Waals surface area contributed by atoms with Gasteiger partial charge >= 0.3 is 0 Å². The Kier molecular flexibility index (Phi) is 3.38. The normalized spacial score (nSPS) is 10.3. The van der Waals surface area contributed by atoms with E-state index in [1.54, 1.807) is 17.1 Å². The van der Waals surface area contributed by atoms with Gasteiger partial charge in [-0.2, -0.15) is 10.2 Å². The number of para-hydroxylation sites is 1. The molecule has 0 aliphatic heterocycles. The maximum atomic E-state index is 12.2. The van der Waals surface area contributed by atoms with E-state index in [2.05, 4.69) is 20.6 Å². The van der Waals surface area contributed by atoms with Crippen LogP contribution in [0.1, 0.15) is 10.5 Å². The average molecular weight is 283 g/mol. The number of ether oxygens (including phenoxy) is 1. The lowest BCUT2D eigenvalue weighted by Crippen LogP contribution is -2.13. The second kappa shape index (κ2) is 5.49. The number of hydrogen-bond acceptors (Lipinski definition) is 4. The van der Waals surface area contributed by atoms with Crippen molar-refractivity contribution < 1.29 is 9.53 Å². The Balaban J connectivity index is 1.91. The molecule has 2 aromatic heterocycles. The fourth-order valence-corrected chi connectivity index (χ4v) is 1.89. The van der Waals surface area contributed by atoms with Gasteiger partial charge in [0.25, 0.3) is 5.91 Å². The minimum absolute atomic E-state index is 0.211. The van der Waals surface area contributed by atoms with Gasteiger partial charge in [0.05, 0.1) is 30.9 Å². The van der Waals surface area contributed by atoms with Crippen LogP contribution < -0.4 is 10.1 Å². The molecule has 106 valence electrons. The maximum Gasteiger partial charge on any atom is 0.280 e. The van der Waals surface area contributed by atoms with Crippen molar-refractivity contribution in [1.29, 1.82) is 0 Å². The minimum Gasteiger partial charge on any atom is -0.493 e. The van der Waals surface area contributed by atoms with E-state index in [9.17, 15) is 4.79 Å². The number of carbonyl (C=O) groups excluding carboxylic acids is 1. The van der Waals surface area contributed by atoms with E-state index in [0.29, 0.717) is 11.4 Å². The number of nitrogens with one attached hydrogen (secondary N) is 2. The standard InChI is InChI=1S/C14H13N5O2/c1-21-12-9-19(11-5-3-2-4-6-11)18-13(12)14(20)17-10-7-15-16-8-10/h2-9H,1H3,(H,15,16)(H,17,20). The van der Waals surface area contributed by atoms with Crippen LogP contribution in [0.2, 0.25) is 0 Å². The summed E-state index contributed by atoms with van der Waals surface area (Å²) in [6.45, 7) is 0. The highest BCUT2D eigenvalue weighted by molar-refractivity contribution is 6.04. The highest BCUT2D eigenvalue weighted by Gasteiger charge is 2.18. The number of H-pyrrole nitrogens is 1. The summed E-state index contributed by atoms with van der Waals surface area (Å²) in [5.41, 5.74) is 1.62. The first-order valence-electron chi connectivity index (χ1n) is 6.27. The van der Waals surface area contributed by atoms with Crippen LogP contribution in [0, 0.1) is 0 Å². The summed E-state index contributed by atoms with van der Waals surface area (Å²) in [4.78, 5) is 12.2. The number of hydrogen-bond donors (Lipinski definition) is 2. The SMILES string of the molecule is COc1cn(-c2ccccc2)nc1C(=O)Nc1cn[nH]c1. The van der Waals surface area contributed by atoms with E-state index in [1.807, 2.05) is 30.3 Å². The van der Waals surface area contributed by atoms with Gasteiger partial charge in [-0.3, -0.25) is 9.89 Å². The molecule has 2 heterocycles. The Hall–Kier alpha value is -3.09. The van der Waals surface area contributed by atoms with Crippen LogP contribution in [-0.2, 0) is 0 Å². The van der Waals surface area contributed by atoms with Crippen molar-refractivity contribution in [3.05, 3.63) is 54.6 Å². The lowest BCUT2D eigenvalue weighted by atomic mass is 10.3. The number of aromatic nitrogens is 4. The zero-order valence-electron chi connectivity index (χ0n) is 11.3. The van der Waals surface area contributed by atoms with Crippen molar-refractivity contribution in [2.45, 2.75) is 0 Å². The zero-order valence-corrected chi connectivity index (χ0v) is 11.3. The Morgan fingerprint density at radius 1 is 1.33 bits per heavy atom. The highest BCUT2D eigenvalue weighted by Crippen LogP contribution is 2.20. The lowest BCUT2D eigenvalue weighted by molar-refractivity contribution is 0.101. The molecular formula is C14H13N5O2. The molecule has 3 rings (SSSR count). The molecule has 0 spiro atoms. The second-order valence-corrected chi connectivity index (χ2v) is 4.27. The molecule has 1 amide bonds. The summed E-state index contributed by atoms with van der Waals surface area (Å²) in [7, 11) is 1.50. The quantitative estimate of drug-likeness (QED) is 0.765. The Morgan fingerprint density at radius 3 is 2.81 bits per heavy atom. The first kappa shape index (κ1) is 12.9. The van der Waals surface area contributed by atoms with Crippen molar-refractivity contribution in [2.24, 2.45) is 0 Å². The molecule has 0 radical (unpaired) electrons. The molecule has 3 aromatic rings. The van der Waals surface area contributed by atoms with Gasteiger partial charge in [-0.1, -0.05) is 18.2 Å². The second-order valence-electron chi connectivity index (χ2n) is 4.27. The number of benzene rings is 1. The van der Waals surface area contributed by atoms with Crippen LogP contribution in [0.3, 0.4) is 0 Å². The molecule has 7 nitrogen and oxygen atoms in total. The first-order chi connectivity index (χ1) is 10.3. The smallest absolute Gasteiger partial charge is 0.280 e. The third-order valence-corrected chi connectivity index (χ3v) is 2.89. The van der Waals surface area contributed by atoms with Crippen LogP contribution in [0.4, 0.5) is 5.69 Å². The Bertz CT molecular complexity index is 734. The number of anilines is 1. The van der Waals surface area contributed by atoms with Gasteiger partial charge in [-0.05, 0) is 12.1 Å². The molecule has 2 N–H and O–H groups in total. The number of aromatic amines is 1. The number of nitrogens with zero attached hydrogens (tertiary/aromatic N) is 3. The average Bonchev–Trinajstić information content (AvgIpc) is 3.17. The fourth-order valence-electron chi connectivity index (χ4n) is 1.89. The summed E-state index contributed by atoms with van der Waals surface area (Å²) in [6.07, 6.45) is 4.76. The van der Waals surface area contributed by atoms with E-state index in [-0.39, 0.29) is 11.6 Å². The van der Waals surface area contributed by atoms with Gasteiger partial charge in [0, 0.05) is 6.20 Å². The molecular weight excluding hydrogens is 270 g/mol. The predicted octanol–water partition coefficient (Wildman–Crippen LogP) is 1.86. The van der Waals surface area contributed by atoms with Crippen molar-refractivity contribution in [2.75, 3.05) is 12.4 Å². The first-order valence-corrected chi connectivity index (χ1v) is 6.27. The Morgan fingerprint density at radius 2 is 2.14 bits per heavy atom. The predicted molar refractivity (Wildman–Crippen MR) is 76.7 cm³/mol. The summed E-state index contributed by atoms with van der Waals surface area (Å²) in [6, 6.07) is 9.49. The summed E-state index contributed by atoms with van der Waals surface area (Å²) < 4.78 is 6.82. The molecule has 0 saturated heterocycles. The molecule has 0 unspecified atom stereocenters. The van der Waals surface area contributed by atoms with E-state index in [1.165, 1.54) is 13.3 Å². The van der Waals surface area contributed by atoms with Crippen molar-refractivity contribution in [3.8, 4) is 11.4 Å². The van der Waals surface area contributed by atoms with Gasteiger partial charge in [0.1, 0.15) is 0 Å². The molecule has 21 heavy (non-hydrogen) atoms. The van der Waals surface area contributed by atoms with E-state index in [4.69, 9.17) is 4.74 Å². The summed E-state index contributed by atoms with van der Waals surface area (Å²) in [5, 5.41) is 13.4. The monoisotopic (exact) mass is 283 g/mol. The van der Waals surface area contributed by atoms with E-state index < -0.39 is 0 Å². The minimum atomic E-state index is -0.358. The molecule has 0 aliphatic carbocycles. The molecule has 1 aromatic carbocycles. The number of amides is 1. The number of methoxy groups -OCH3 is 1. The maximum absolute atomic E-state index is 12.2. The van der Waals surface area contributed by atoms with Gasteiger partial charge < -0.3 is 10.1 Å². The molecule has 0 atom stereocenters. The van der Waals surface area contributed by atoms with Crippen molar-refractivity contribution in [1.82, 2.24) is 20.0 Å². The molecule has 0 fully saturated rings. The molecule has 0 saturated carbocycles. The number of rotatable bonds is 4. The van der Waals surface area contributed by atoms with Crippen molar-refractivity contribution in [3.63, 3.8) is 0 Å². The van der Waals surface area contributed by atoms with Crippen LogP contribution in [0.25, 0.3) is 5.69 Å². The summed E-state index contributed by atoms with van der Waals surface area (Å²) >= 11 is 0. The van der Waals surface area contributed by atoms with E-state index in [0.717, 1.165) is 5.69 Å². The van der Waals surface area contributed by atoms with Crippen LogP contribution in [0.5, 0.6) is 5.75 Å². The van der Waals surface area contributed by atoms with Crippen molar-refractivity contribution >= 4 is 11.6 Å². The summed E-state index contributed by atoms with van der Waals surface area (Å²) in [5.74, 6) is 0.0442. The third-order valence-electron chi connectivity index (χ3n) is 2.89. The van der Waals surface area contributed by atoms with Crippen LogP contribution in [-0.4, -0.2) is 33.0 Å². The topological polar surface area (TPSA) is 84.8 Å². The van der Waals surface area contributed by atoms with Crippen LogP contribution in [0.15, 0.2) is 48.9 Å². The van der Waals surface area contributed by atoms with Gasteiger partial charge in [-0.25, -0.2) is 4.68 Å². The van der Waals surface area contributed by atoms with Gasteiger partial charge in [0.15, 0.2) is 11.4 Å². The zero-order chi connectivity index (χ0) is 14.7. The largest absolute Gasteiger partial charge is 0.493 e. The van der Waals surface area contributed by atoms with Crippen LogP contribution >= 0.6 is 0 Å².